The number of aliphatic hydroxyl groups is 4. The molecule has 0 saturated carbocycles. The van der Waals surface area contributed by atoms with Gasteiger partial charge < -0.3 is 20.4 Å². The van der Waals surface area contributed by atoms with Gasteiger partial charge >= 0.3 is 0 Å². The average Bonchev–Trinajstić information content (AvgIpc) is 2.07. The zero-order chi connectivity index (χ0) is 8.69. The molecule has 0 aliphatic carbocycles. The zero-order valence-electron chi connectivity index (χ0n) is 6.27. The largest absolute Gasteiger partial charge is 0.396 e. The lowest BCUT2D eigenvalue weighted by Gasteiger charge is -2.06. The highest BCUT2D eigenvalue weighted by molar-refractivity contribution is 5.04. The quantitative estimate of drug-likeness (QED) is 0.371. The molecule has 66 valence electrons. The minimum Gasteiger partial charge on any atom is -0.396 e. The molecule has 0 bridgehead atoms. The summed E-state index contributed by atoms with van der Waals surface area (Å²) in [5.41, 5.74) is 0.415. The maximum atomic E-state index is 8.60. The van der Waals surface area contributed by atoms with Crippen molar-refractivity contribution >= 4 is 0 Å². The Morgan fingerprint density at radius 2 is 1.45 bits per heavy atom. The molecule has 4 nitrogen and oxygen atoms in total. The van der Waals surface area contributed by atoms with Gasteiger partial charge in [-0.1, -0.05) is 6.08 Å². The van der Waals surface area contributed by atoms with Crippen molar-refractivity contribution in [3.63, 3.8) is 0 Å². The third-order valence-corrected chi connectivity index (χ3v) is 1.35. The van der Waals surface area contributed by atoms with Crippen LogP contribution in [0.5, 0.6) is 0 Å². The second-order valence-corrected chi connectivity index (χ2v) is 2.27. The number of rotatable bonds is 5. The molecule has 0 aromatic rings. The van der Waals surface area contributed by atoms with E-state index in [2.05, 4.69) is 0 Å². The predicted molar refractivity (Wildman–Crippen MR) is 39.9 cm³/mol. The average molecular weight is 162 g/mol. The summed E-state index contributed by atoms with van der Waals surface area (Å²) in [5, 5.41) is 34.3. The first-order valence-electron chi connectivity index (χ1n) is 3.41. The molecule has 0 rings (SSSR count). The normalized spacial score (nSPS) is 10.3. The van der Waals surface area contributed by atoms with Gasteiger partial charge in [0, 0.05) is 5.92 Å². The molecule has 0 atom stereocenters. The molecule has 0 spiro atoms. The van der Waals surface area contributed by atoms with E-state index in [9.17, 15) is 0 Å². The molecule has 0 radical (unpaired) electrons. The lowest BCUT2D eigenvalue weighted by atomic mass is 10.1. The van der Waals surface area contributed by atoms with Crippen LogP contribution in [0.15, 0.2) is 11.6 Å². The molecule has 0 aromatic heterocycles. The zero-order valence-corrected chi connectivity index (χ0v) is 6.27. The van der Waals surface area contributed by atoms with E-state index < -0.39 is 0 Å². The Morgan fingerprint density at radius 1 is 1.00 bits per heavy atom. The Morgan fingerprint density at radius 3 is 1.73 bits per heavy atom. The first kappa shape index (κ1) is 10.6. The third-order valence-electron chi connectivity index (χ3n) is 1.35. The fraction of sp³-hybridized carbons (Fsp3) is 0.714. The van der Waals surface area contributed by atoms with Gasteiger partial charge in [0.2, 0.25) is 0 Å². The van der Waals surface area contributed by atoms with Crippen LogP contribution in [0.25, 0.3) is 0 Å². The molecule has 0 saturated heterocycles. The first-order valence-corrected chi connectivity index (χ1v) is 3.41. The van der Waals surface area contributed by atoms with E-state index in [1.54, 1.807) is 0 Å². The minimum absolute atomic E-state index is 0.181. The molecule has 0 amide bonds. The maximum absolute atomic E-state index is 8.60. The highest BCUT2D eigenvalue weighted by atomic mass is 16.3. The van der Waals surface area contributed by atoms with Crippen molar-refractivity contribution in [2.45, 2.75) is 0 Å². The highest BCUT2D eigenvalue weighted by Gasteiger charge is 2.02. The molecule has 0 unspecified atom stereocenters. The van der Waals surface area contributed by atoms with Crippen molar-refractivity contribution in [1.29, 1.82) is 0 Å². The van der Waals surface area contributed by atoms with Gasteiger partial charge in [-0.25, -0.2) is 0 Å². The summed E-state index contributed by atoms with van der Waals surface area (Å²) < 4.78 is 0. The van der Waals surface area contributed by atoms with Crippen LogP contribution in [0, 0.1) is 5.92 Å². The summed E-state index contributed by atoms with van der Waals surface area (Å²) >= 11 is 0. The van der Waals surface area contributed by atoms with E-state index in [0.717, 1.165) is 0 Å². The molecule has 0 heterocycles. The van der Waals surface area contributed by atoms with Crippen molar-refractivity contribution in [3.8, 4) is 0 Å². The van der Waals surface area contributed by atoms with Crippen LogP contribution in [-0.2, 0) is 0 Å². The third kappa shape index (κ3) is 4.10. The van der Waals surface area contributed by atoms with E-state index in [-0.39, 0.29) is 32.3 Å². The van der Waals surface area contributed by atoms with Gasteiger partial charge in [-0.3, -0.25) is 0 Å². The lowest BCUT2D eigenvalue weighted by Crippen LogP contribution is -2.10. The van der Waals surface area contributed by atoms with Gasteiger partial charge in [0.1, 0.15) is 0 Å². The predicted octanol–water partition coefficient (Wildman–Crippen LogP) is -1.50. The van der Waals surface area contributed by atoms with Crippen molar-refractivity contribution in [2.24, 2.45) is 5.92 Å². The Kier molecular flexibility index (Phi) is 6.06. The summed E-state index contributed by atoms with van der Waals surface area (Å²) in [4.78, 5) is 0. The second-order valence-electron chi connectivity index (χ2n) is 2.27. The maximum Gasteiger partial charge on any atom is 0.0663 e. The van der Waals surface area contributed by atoms with E-state index in [1.165, 1.54) is 6.08 Å². The Bertz CT molecular complexity index is 112. The Labute approximate surface area is 65.4 Å². The monoisotopic (exact) mass is 162 g/mol. The van der Waals surface area contributed by atoms with Crippen LogP contribution >= 0.6 is 0 Å². The van der Waals surface area contributed by atoms with Gasteiger partial charge in [0.25, 0.3) is 0 Å². The number of hydrogen-bond donors (Lipinski definition) is 4. The van der Waals surface area contributed by atoms with Crippen LogP contribution in [0.2, 0.25) is 0 Å². The molecule has 4 N–H and O–H groups in total. The molecule has 0 aliphatic heterocycles. The topological polar surface area (TPSA) is 80.9 Å². The van der Waals surface area contributed by atoms with Crippen molar-refractivity contribution < 1.29 is 20.4 Å². The summed E-state index contributed by atoms with van der Waals surface area (Å²) in [6, 6.07) is 0. The number of hydrogen-bond acceptors (Lipinski definition) is 4. The van der Waals surface area contributed by atoms with Gasteiger partial charge in [0.05, 0.1) is 26.4 Å². The molecular weight excluding hydrogens is 148 g/mol. The smallest absolute Gasteiger partial charge is 0.0663 e. The first-order chi connectivity index (χ1) is 5.28. The fourth-order valence-corrected chi connectivity index (χ4v) is 0.652. The summed E-state index contributed by atoms with van der Waals surface area (Å²) in [6.45, 7) is -0.847. The standard InChI is InChI=1S/C7H14O4/c8-2-6(3-9)1-7(4-10)5-11/h1,6,8-11H,2-5H2. The van der Waals surface area contributed by atoms with Crippen LogP contribution in [-0.4, -0.2) is 46.9 Å². The Balaban J connectivity index is 3.98. The van der Waals surface area contributed by atoms with Gasteiger partial charge in [-0.2, -0.15) is 0 Å². The van der Waals surface area contributed by atoms with Crippen LogP contribution < -0.4 is 0 Å². The van der Waals surface area contributed by atoms with Gasteiger partial charge in [-0.15, -0.1) is 0 Å². The van der Waals surface area contributed by atoms with E-state index in [4.69, 9.17) is 20.4 Å². The van der Waals surface area contributed by atoms with E-state index >= 15 is 0 Å². The molecule has 0 aliphatic rings. The van der Waals surface area contributed by atoms with Crippen LogP contribution in [0.4, 0.5) is 0 Å². The molecular formula is C7H14O4. The molecule has 4 heteroatoms. The molecule has 0 aromatic carbocycles. The summed E-state index contributed by atoms with van der Waals surface area (Å²) in [5.74, 6) is -0.385. The van der Waals surface area contributed by atoms with Crippen molar-refractivity contribution in [1.82, 2.24) is 0 Å². The molecule has 11 heavy (non-hydrogen) atoms. The number of aliphatic hydroxyl groups excluding tert-OH is 4. The second kappa shape index (κ2) is 6.30. The van der Waals surface area contributed by atoms with Gasteiger partial charge in [-0.05, 0) is 5.57 Å². The van der Waals surface area contributed by atoms with Gasteiger partial charge in [0.15, 0.2) is 0 Å². The SMILES string of the molecule is OCC(=CC(CO)CO)CO. The lowest BCUT2D eigenvalue weighted by molar-refractivity contribution is 0.175. The van der Waals surface area contributed by atoms with E-state index in [0.29, 0.717) is 5.57 Å². The van der Waals surface area contributed by atoms with Crippen LogP contribution in [0.1, 0.15) is 0 Å². The summed E-state index contributed by atoms with van der Waals surface area (Å²) in [6.07, 6.45) is 1.47. The Hall–Kier alpha value is -0.420. The minimum atomic E-state index is -0.385. The van der Waals surface area contributed by atoms with Crippen LogP contribution in [0.3, 0.4) is 0 Å². The van der Waals surface area contributed by atoms with Crippen molar-refractivity contribution in [3.05, 3.63) is 11.6 Å². The highest BCUT2D eigenvalue weighted by Crippen LogP contribution is 2.01. The van der Waals surface area contributed by atoms with Crippen molar-refractivity contribution in [2.75, 3.05) is 26.4 Å². The molecule has 0 fully saturated rings. The fourth-order valence-electron chi connectivity index (χ4n) is 0.652. The van der Waals surface area contributed by atoms with E-state index in [1.807, 2.05) is 0 Å². The summed E-state index contributed by atoms with van der Waals surface area (Å²) in [7, 11) is 0.